The minimum absolute atomic E-state index is 0.313. The average Bonchev–Trinajstić information content (AvgIpc) is 3.25. The van der Waals surface area contributed by atoms with Crippen LogP contribution < -0.4 is 16.0 Å². The fourth-order valence-corrected chi connectivity index (χ4v) is 2.83. The van der Waals surface area contributed by atoms with E-state index in [-0.39, 0.29) is 11.9 Å². The zero-order valence-electron chi connectivity index (χ0n) is 13.3. The van der Waals surface area contributed by atoms with Crippen LogP contribution in [0, 0.1) is 0 Å². The Morgan fingerprint density at radius 3 is 3.04 bits per heavy atom. The number of rotatable bonds is 3. The molecule has 2 aromatic heterocycles. The van der Waals surface area contributed by atoms with Gasteiger partial charge in [-0.1, -0.05) is 0 Å². The highest BCUT2D eigenvalue weighted by molar-refractivity contribution is 6.06. The highest BCUT2D eigenvalue weighted by Crippen LogP contribution is 2.24. The summed E-state index contributed by atoms with van der Waals surface area (Å²) >= 11 is 0. The van der Waals surface area contributed by atoms with E-state index in [0.29, 0.717) is 17.0 Å². The summed E-state index contributed by atoms with van der Waals surface area (Å²) in [6, 6.07) is 5.09. The summed E-state index contributed by atoms with van der Waals surface area (Å²) in [5.41, 5.74) is 2.42. The first-order valence-corrected chi connectivity index (χ1v) is 7.62. The molecule has 126 valence electrons. The molecule has 1 atom stereocenters. The number of nitrogens with zero attached hydrogens (tertiary/aromatic N) is 3. The van der Waals surface area contributed by atoms with Gasteiger partial charge in [-0.2, -0.15) is 5.10 Å². The molecule has 1 unspecified atom stereocenters. The summed E-state index contributed by atoms with van der Waals surface area (Å²) in [5, 5.41) is 15.9. The summed E-state index contributed by atoms with van der Waals surface area (Å²) in [5.74, 6) is -0.313. The average molecular weight is 337 g/mol. The van der Waals surface area contributed by atoms with E-state index in [1.165, 1.54) is 0 Å². The van der Waals surface area contributed by atoms with Crippen molar-refractivity contribution in [3.8, 4) is 0 Å². The van der Waals surface area contributed by atoms with Crippen LogP contribution in [0.25, 0.3) is 10.9 Å². The van der Waals surface area contributed by atoms with E-state index in [4.69, 9.17) is 0 Å². The molecule has 4 N–H and O–H groups in total. The minimum atomic E-state index is -0.631. The number of H-pyrrole nitrogens is 1. The molecule has 0 spiro atoms. The summed E-state index contributed by atoms with van der Waals surface area (Å²) in [4.78, 5) is 28.6. The number of fused-ring (bicyclic) bond motifs is 1. The first kappa shape index (κ1) is 14.9. The molecule has 4 rings (SSSR count). The highest BCUT2D eigenvalue weighted by atomic mass is 16.2. The number of carbonyl (C=O) groups excluding carboxylic acids is 2. The molecule has 3 heterocycles. The van der Waals surface area contributed by atoms with Crippen molar-refractivity contribution >= 4 is 28.5 Å². The standard InChI is InChI=1S/C16H15N7O2/c1-9-13(14(21-16(25)19-9)23-5-4-17-8-23)15(24)20-11-2-3-12-10(6-11)7-18-22-12/h2-8,14H,1H3,(H,18,22)(H,20,24)(H2,19,21,25). The molecule has 0 aliphatic carbocycles. The Hall–Kier alpha value is -3.62. The number of urea groups is 1. The monoisotopic (exact) mass is 337 g/mol. The summed E-state index contributed by atoms with van der Waals surface area (Å²) < 4.78 is 1.66. The maximum Gasteiger partial charge on any atom is 0.320 e. The van der Waals surface area contributed by atoms with Gasteiger partial charge in [0.2, 0.25) is 0 Å². The Morgan fingerprint density at radius 2 is 2.24 bits per heavy atom. The van der Waals surface area contributed by atoms with Crippen LogP contribution >= 0.6 is 0 Å². The molecule has 3 aromatic rings. The largest absolute Gasteiger partial charge is 0.322 e. The van der Waals surface area contributed by atoms with E-state index in [2.05, 4.69) is 31.1 Å². The molecule has 0 saturated heterocycles. The molecule has 9 heteroatoms. The molecular formula is C16H15N7O2. The maximum atomic E-state index is 12.8. The Labute approximate surface area is 142 Å². The third-order valence-corrected chi connectivity index (χ3v) is 4.01. The van der Waals surface area contributed by atoms with Crippen molar-refractivity contribution < 1.29 is 9.59 Å². The van der Waals surface area contributed by atoms with Crippen molar-refractivity contribution in [3.63, 3.8) is 0 Å². The Balaban J connectivity index is 1.66. The maximum absolute atomic E-state index is 12.8. The molecule has 25 heavy (non-hydrogen) atoms. The number of allylic oxidation sites excluding steroid dienone is 1. The molecule has 0 fully saturated rings. The Morgan fingerprint density at radius 1 is 1.36 bits per heavy atom. The first-order valence-electron chi connectivity index (χ1n) is 7.62. The van der Waals surface area contributed by atoms with E-state index in [1.807, 2.05) is 12.1 Å². The lowest BCUT2D eigenvalue weighted by molar-refractivity contribution is -0.113. The molecule has 1 aliphatic rings. The van der Waals surface area contributed by atoms with Crippen LogP contribution in [-0.2, 0) is 4.79 Å². The van der Waals surface area contributed by atoms with Gasteiger partial charge in [0.05, 0.1) is 23.6 Å². The van der Waals surface area contributed by atoms with Gasteiger partial charge in [0.25, 0.3) is 5.91 Å². The zero-order chi connectivity index (χ0) is 17.4. The lowest BCUT2D eigenvalue weighted by Gasteiger charge is -2.29. The highest BCUT2D eigenvalue weighted by Gasteiger charge is 2.31. The van der Waals surface area contributed by atoms with Crippen molar-refractivity contribution in [2.45, 2.75) is 13.1 Å². The van der Waals surface area contributed by atoms with E-state index >= 15 is 0 Å². The van der Waals surface area contributed by atoms with E-state index in [9.17, 15) is 9.59 Å². The van der Waals surface area contributed by atoms with Crippen molar-refractivity contribution in [1.29, 1.82) is 0 Å². The summed E-state index contributed by atoms with van der Waals surface area (Å²) in [6.07, 6.45) is 5.88. The number of imidazole rings is 1. The smallest absolute Gasteiger partial charge is 0.320 e. The number of hydrogen-bond acceptors (Lipinski definition) is 4. The Kier molecular flexibility index (Phi) is 3.46. The van der Waals surface area contributed by atoms with E-state index < -0.39 is 6.17 Å². The number of nitrogens with one attached hydrogen (secondary N) is 4. The molecule has 0 saturated carbocycles. The van der Waals surface area contributed by atoms with Gasteiger partial charge in [-0.15, -0.1) is 0 Å². The lowest BCUT2D eigenvalue weighted by Crippen LogP contribution is -2.47. The number of carbonyl (C=O) groups is 2. The fraction of sp³-hybridized carbons (Fsp3) is 0.125. The second-order valence-corrected chi connectivity index (χ2v) is 5.68. The Bertz CT molecular complexity index is 987. The number of aromatic nitrogens is 4. The fourth-order valence-electron chi connectivity index (χ4n) is 2.83. The van der Waals surface area contributed by atoms with Gasteiger partial charge >= 0.3 is 6.03 Å². The second kappa shape index (κ2) is 5.78. The van der Waals surface area contributed by atoms with Crippen LogP contribution in [0.15, 0.2) is 54.4 Å². The van der Waals surface area contributed by atoms with Gasteiger partial charge in [-0.05, 0) is 25.1 Å². The second-order valence-electron chi connectivity index (χ2n) is 5.68. The third-order valence-electron chi connectivity index (χ3n) is 4.01. The summed E-state index contributed by atoms with van der Waals surface area (Å²) in [7, 11) is 0. The topological polar surface area (TPSA) is 117 Å². The van der Waals surface area contributed by atoms with Crippen molar-refractivity contribution in [1.82, 2.24) is 30.4 Å². The van der Waals surface area contributed by atoms with Crippen molar-refractivity contribution in [2.24, 2.45) is 0 Å². The normalized spacial score (nSPS) is 17.3. The number of hydrogen-bond donors (Lipinski definition) is 4. The van der Waals surface area contributed by atoms with Gasteiger partial charge < -0.3 is 20.5 Å². The third kappa shape index (κ3) is 2.71. The van der Waals surface area contributed by atoms with Crippen molar-refractivity contribution in [2.75, 3.05) is 5.32 Å². The predicted octanol–water partition coefficient (Wildman–Crippen LogP) is 1.48. The molecular weight excluding hydrogens is 322 g/mol. The van der Waals surface area contributed by atoms with Crippen LogP contribution in [0.5, 0.6) is 0 Å². The van der Waals surface area contributed by atoms with Crippen molar-refractivity contribution in [3.05, 3.63) is 54.4 Å². The predicted molar refractivity (Wildman–Crippen MR) is 90.4 cm³/mol. The number of amides is 3. The molecule has 3 amide bonds. The van der Waals surface area contributed by atoms with Gasteiger partial charge in [-0.3, -0.25) is 9.89 Å². The van der Waals surface area contributed by atoms with Crippen LogP contribution in [0.1, 0.15) is 13.1 Å². The van der Waals surface area contributed by atoms with Crippen LogP contribution in [0.3, 0.4) is 0 Å². The zero-order valence-corrected chi connectivity index (χ0v) is 13.3. The van der Waals surface area contributed by atoms with Gasteiger partial charge in [0.1, 0.15) is 6.17 Å². The number of anilines is 1. The van der Waals surface area contributed by atoms with E-state index in [1.54, 1.807) is 42.5 Å². The van der Waals surface area contributed by atoms with Crippen LogP contribution in [0.4, 0.5) is 10.5 Å². The SMILES string of the molecule is CC1=C(C(=O)Nc2ccc3[nH]ncc3c2)C(n2ccnc2)NC(=O)N1. The van der Waals surface area contributed by atoms with Gasteiger partial charge in [-0.25, -0.2) is 9.78 Å². The van der Waals surface area contributed by atoms with Crippen LogP contribution in [0.2, 0.25) is 0 Å². The molecule has 1 aromatic carbocycles. The van der Waals surface area contributed by atoms with E-state index in [0.717, 1.165) is 10.9 Å². The summed E-state index contributed by atoms with van der Waals surface area (Å²) in [6.45, 7) is 1.69. The van der Waals surface area contributed by atoms with Crippen LogP contribution in [-0.4, -0.2) is 31.7 Å². The molecule has 9 nitrogen and oxygen atoms in total. The molecule has 0 bridgehead atoms. The molecule has 0 radical (unpaired) electrons. The first-order chi connectivity index (χ1) is 12.1. The number of aromatic amines is 1. The number of benzene rings is 1. The quantitative estimate of drug-likeness (QED) is 0.579. The minimum Gasteiger partial charge on any atom is -0.322 e. The van der Waals surface area contributed by atoms with Gasteiger partial charge in [0.15, 0.2) is 0 Å². The molecule has 1 aliphatic heterocycles. The lowest BCUT2D eigenvalue weighted by atomic mass is 10.1. The van der Waals surface area contributed by atoms with Gasteiger partial charge in [0, 0.05) is 29.2 Å².